The third-order valence-corrected chi connectivity index (χ3v) is 4.28. The number of aromatic nitrogens is 2. The first-order valence-corrected chi connectivity index (χ1v) is 7.52. The van der Waals surface area contributed by atoms with Crippen molar-refractivity contribution in [2.45, 2.75) is 39.8 Å². The van der Waals surface area contributed by atoms with Gasteiger partial charge in [-0.05, 0) is 44.5 Å². The van der Waals surface area contributed by atoms with Gasteiger partial charge in [-0.15, -0.1) is 0 Å². The molecule has 0 saturated carbocycles. The van der Waals surface area contributed by atoms with Crippen molar-refractivity contribution in [3.63, 3.8) is 0 Å². The second-order valence-electron chi connectivity index (χ2n) is 5.90. The van der Waals surface area contributed by atoms with Gasteiger partial charge in [0.25, 0.3) is 5.91 Å². The number of benzene rings is 1. The van der Waals surface area contributed by atoms with Crippen LogP contribution in [0, 0.1) is 13.8 Å². The third kappa shape index (κ3) is 2.58. The Morgan fingerprint density at radius 1 is 1.45 bits per heavy atom. The van der Waals surface area contributed by atoms with E-state index in [4.69, 9.17) is 4.74 Å². The number of nitrogens with zero attached hydrogens (tertiary/aromatic N) is 2. The molecule has 0 unspecified atom stereocenters. The molecule has 0 radical (unpaired) electrons. The molecule has 0 bridgehead atoms. The van der Waals surface area contributed by atoms with E-state index in [1.54, 1.807) is 6.07 Å². The Labute approximate surface area is 130 Å². The summed E-state index contributed by atoms with van der Waals surface area (Å²) < 4.78 is 7.67. The lowest BCUT2D eigenvalue weighted by Gasteiger charge is -2.07. The summed E-state index contributed by atoms with van der Waals surface area (Å²) in [4.78, 5) is 16.8. The zero-order valence-electron chi connectivity index (χ0n) is 13.4. The lowest BCUT2D eigenvalue weighted by molar-refractivity contribution is 0.0949. The Morgan fingerprint density at radius 3 is 2.91 bits per heavy atom. The Hall–Kier alpha value is -2.30. The van der Waals surface area contributed by atoms with Crippen LogP contribution in [0.25, 0.3) is 0 Å². The zero-order chi connectivity index (χ0) is 15.9. The third-order valence-electron chi connectivity index (χ3n) is 4.28. The Kier molecular flexibility index (Phi) is 3.64. The van der Waals surface area contributed by atoms with Crippen molar-refractivity contribution >= 4 is 5.91 Å². The van der Waals surface area contributed by atoms with E-state index in [-0.39, 0.29) is 12.0 Å². The van der Waals surface area contributed by atoms with E-state index in [9.17, 15) is 4.79 Å². The van der Waals surface area contributed by atoms with Crippen molar-refractivity contribution in [3.05, 3.63) is 46.5 Å². The highest BCUT2D eigenvalue weighted by atomic mass is 16.5. The van der Waals surface area contributed by atoms with Gasteiger partial charge in [-0.3, -0.25) is 4.79 Å². The van der Waals surface area contributed by atoms with Gasteiger partial charge in [-0.25, -0.2) is 4.98 Å². The van der Waals surface area contributed by atoms with Crippen molar-refractivity contribution < 1.29 is 9.53 Å². The molecule has 1 atom stereocenters. The lowest BCUT2D eigenvalue weighted by Crippen LogP contribution is -2.24. The summed E-state index contributed by atoms with van der Waals surface area (Å²) in [7, 11) is 1.96. The van der Waals surface area contributed by atoms with Gasteiger partial charge in [0, 0.05) is 24.7 Å². The molecule has 22 heavy (non-hydrogen) atoms. The number of carbonyl (C=O) groups excluding carboxylic acids is 1. The molecule has 2 aromatic rings. The normalized spacial score (nSPS) is 16.3. The van der Waals surface area contributed by atoms with Crippen molar-refractivity contribution in [3.8, 4) is 5.75 Å². The van der Waals surface area contributed by atoms with Crippen LogP contribution in [-0.2, 0) is 20.0 Å². The van der Waals surface area contributed by atoms with Crippen LogP contribution in [0.4, 0.5) is 0 Å². The summed E-state index contributed by atoms with van der Waals surface area (Å²) >= 11 is 0. The minimum absolute atomic E-state index is 0.0827. The largest absolute Gasteiger partial charge is 0.490 e. The van der Waals surface area contributed by atoms with Crippen LogP contribution in [0.5, 0.6) is 5.75 Å². The number of ether oxygens (including phenoxy) is 1. The first-order valence-electron chi connectivity index (χ1n) is 7.52. The molecule has 1 N–H and O–H groups in total. The first-order chi connectivity index (χ1) is 10.5. The molecule has 0 saturated heterocycles. The molecule has 2 heterocycles. The second kappa shape index (κ2) is 5.48. The lowest BCUT2D eigenvalue weighted by atomic mass is 10.1. The molecular formula is C17H21N3O2. The van der Waals surface area contributed by atoms with Crippen LogP contribution >= 0.6 is 0 Å². The summed E-state index contributed by atoms with van der Waals surface area (Å²) in [5.74, 6) is 1.67. The fraction of sp³-hybridized carbons (Fsp3) is 0.412. The SMILES string of the molecule is Cc1nc(CNC(=O)c2ccc3c(c2)C[C@H](C)O3)n(C)c1C. The van der Waals surface area contributed by atoms with Crippen LogP contribution in [0.3, 0.4) is 0 Å². The first kappa shape index (κ1) is 14.6. The van der Waals surface area contributed by atoms with E-state index in [0.29, 0.717) is 12.1 Å². The minimum Gasteiger partial charge on any atom is -0.490 e. The minimum atomic E-state index is -0.0827. The average Bonchev–Trinajstić information content (AvgIpc) is 2.98. The van der Waals surface area contributed by atoms with E-state index in [1.807, 2.05) is 44.5 Å². The van der Waals surface area contributed by atoms with Crippen LogP contribution in [0.15, 0.2) is 18.2 Å². The molecule has 1 aromatic heterocycles. The van der Waals surface area contributed by atoms with E-state index >= 15 is 0 Å². The highest BCUT2D eigenvalue weighted by Crippen LogP contribution is 2.29. The summed E-state index contributed by atoms with van der Waals surface area (Å²) in [6.45, 7) is 6.46. The fourth-order valence-corrected chi connectivity index (χ4v) is 2.77. The Bertz CT molecular complexity index is 734. The van der Waals surface area contributed by atoms with Crippen molar-refractivity contribution in [2.75, 3.05) is 0 Å². The van der Waals surface area contributed by atoms with E-state index in [1.165, 1.54) is 0 Å². The number of amides is 1. The number of hydrogen-bond acceptors (Lipinski definition) is 3. The maximum absolute atomic E-state index is 12.3. The quantitative estimate of drug-likeness (QED) is 0.946. The highest BCUT2D eigenvalue weighted by Gasteiger charge is 2.20. The maximum Gasteiger partial charge on any atom is 0.251 e. The second-order valence-corrected chi connectivity index (χ2v) is 5.90. The monoisotopic (exact) mass is 299 g/mol. The van der Waals surface area contributed by atoms with Gasteiger partial charge in [0.2, 0.25) is 0 Å². The molecular weight excluding hydrogens is 278 g/mol. The number of rotatable bonds is 3. The standard InChI is InChI=1S/C17H21N3O2/c1-10-7-14-8-13(5-6-15(14)22-10)17(21)18-9-16-19-11(2)12(3)20(16)4/h5-6,8,10H,7,9H2,1-4H3,(H,18,21)/t10-/m0/s1. The summed E-state index contributed by atoms with van der Waals surface area (Å²) in [5.41, 5.74) is 3.88. The summed E-state index contributed by atoms with van der Waals surface area (Å²) in [6, 6.07) is 5.60. The number of nitrogens with one attached hydrogen (secondary N) is 1. The van der Waals surface area contributed by atoms with Crippen LogP contribution in [0.1, 0.15) is 40.1 Å². The Morgan fingerprint density at radius 2 is 2.23 bits per heavy atom. The van der Waals surface area contributed by atoms with Gasteiger partial charge in [-0.2, -0.15) is 0 Å². The molecule has 3 rings (SSSR count). The molecule has 0 fully saturated rings. The molecule has 5 heteroatoms. The molecule has 1 aliphatic heterocycles. The predicted octanol–water partition coefficient (Wildman–Crippen LogP) is 2.29. The number of aryl methyl sites for hydroxylation is 1. The molecule has 5 nitrogen and oxygen atoms in total. The van der Waals surface area contributed by atoms with Gasteiger partial charge >= 0.3 is 0 Å². The smallest absolute Gasteiger partial charge is 0.251 e. The molecule has 1 amide bonds. The maximum atomic E-state index is 12.3. The highest BCUT2D eigenvalue weighted by molar-refractivity contribution is 5.94. The van der Waals surface area contributed by atoms with Crippen LogP contribution < -0.4 is 10.1 Å². The number of imidazole rings is 1. The van der Waals surface area contributed by atoms with Crippen LogP contribution in [0.2, 0.25) is 0 Å². The van der Waals surface area contributed by atoms with Crippen LogP contribution in [-0.4, -0.2) is 21.6 Å². The fourth-order valence-electron chi connectivity index (χ4n) is 2.77. The molecule has 0 spiro atoms. The van der Waals surface area contributed by atoms with Crippen molar-refractivity contribution in [1.82, 2.24) is 14.9 Å². The van der Waals surface area contributed by atoms with Gasteiger partial charge in [-0.1, -0.05) is 0 Å². The van der Waals surface area contributed by atoms with Gasteiger partial charge in [0.1, 0.15) is 17.7 Å². The molecule has 1 aliphatic rings. The molecule has 0 aliphatic carbocycles. The number of fused-ring (bicyclic) bond motifs is 1. The van der Waals surface area contributed by atoms with E-state index < -0.39 is 0 Å². The zero-order valence-corrected chi connectivity index (χ0v) is 13.4. The molecule has 116 valence electrons. The van der Waals surface area contributed by atoms with E-state index in [2.05, 4.69) is 10.3 Å². The Balaban J connectivity index is 1.70. The summed E-state index contributed by atoms with van der Waals surface area (Å²) in [5, 5.41) is 2.94. The average molecular weight is 299 g/mol. The van der Waals surface area contributed by atoms with E-state index in [0.717, 1.165) is 34.9 Å². The summed E-state index contributed by atoms with van der Waals surface area (Å²) in [6.07, 6.45) is 1.04. The van der Waals surface area contributed by atoms with Gasteiger partial charge in [0.05, 0.1) is 12.2 Å². The molecule has 1 aromatic carbocycles. The van der Waals surface area contributed by atoms with Gasteiger partial charge < -0.3 is 14.6 Å². The van der Waals surface area contributed by atoms with Gasteiger partial charge in [0.15, 0.2) is 0 Å². The predicted molar refractivity (Wildman–Crippen MR) is 84.1 cm³/mol. The topological polar surface area (TPSA) is 56.1 Å². The number of carbonyl (C=O) groups is 1. The van der Waals surface area contributed by atoms with Crippen molar-refractivity contribution in [1.29, 1.82) is 0 Å². The number of hydrogen-bond donors (Lipinski definition) is 1. The van der Waals surface area contributed by atoms with Crippen molar-refractivity contribution in [2.24, 2.45) is 7.05 Å².